The number of H-pyrrole nitrogens is 2. The Morgan fingerprint density at radius 3 is 1.82 bits per heavy atom. The Bertz CT molecular complexity index is 3100. The molecule has 8 heterocycles. The fourth-order valence-corrected chi connectivity index (χ4v) is 9.31. The number of aromatic nitrogens is 3. The Hall–Kier alpha value is -7.75. The molecule has 7 aromatic rings. The third-order valence-electron chi connectivity index (χ3n) is 12.6. The van der Waals surface area contributed by atoms with Crippen molar-refractivity contribution in [3.05, 3.63) is 158 Å². The van der Waals surface area contributed by atoms with E-state index < -0.39 is 0 Å². The minimum atomic E-state index is -0.129. The molecular weight excluding hydrogens is 849 g/mol. The van der Waals surface area contributed by atoms with Gasteiger partial charge in [-0.25, -0.2) is 4.98 Å². The van der Waals surface area contributed by atoms with E-state index in [9.17, 15) is 9.59 Å². The summed E-state index contributed by atoms with van der Waals surface area (Å²) in [5, 5.41) is 6.93. The normalized spacial score (nSPS) is 15.6. The van der Waals surface area contributed by atoms with Crippen LogP contribution < -0.4 is 51.5 Å². The van der Waals surface area contributed by atoms with Crippen LogP contribution in [-0.2, 0) is 28.9 Å². The summed E-state index contributed by atoms with van der Waals surface area (Å²) >= 11 is 0. The first-order valence-electron chi connectivity index (χ1n) is 22.7. The van der Waals surface area contributed by atoms with E-state index in [2.05, 4.69) is 53.6 Å². The fraction of sp³-hybridized carbons (Fsp3) is 0.250. The summed E-state index contributed by atoms with van der Waals surface area (Å²) in [5.74, 6) is 3.86. The summed E-state index contributed by atoms with van der Waals surface area (Å²) in [4.78, 5) is 39.6. The van der Waals surface area contributed by atoms with Crippen LogP contribution in [0.1, 0.15) is 27.8 Å². The molecule has 67 heavy (non-hydrogen) atoms. The van der Waals surface area contributed by atoms with E-state index in [0.29, 0.717) is 45.5 Å². The van der Waals surface area contributed by atoms with Gasteiger partial charge in [0, 0.05) is 121 Å². The molecule has 2 fully saturated rings. The molecule has 0 atom stereocenters. The molecule has 340 valence electrons. The summed E-state index contributed by atoms with van der Waals surface area (Å²) in [6.07, 6.45) is 3.26. The van der Waals surface area contributed by atoms with Crippen molar-refractivity contribution in [1.29, 1.82) is 0 Å². The van der Waals surface area contributed by atoms with E-state index in [1.54, 1.807) is 18.3 Å². The van der Waals surface area contributed by atoms with Crippen molar-refractivity contribution in [3.63, 3.8) is 0 Å². The van der Waals surface area contributed by atoms with Crippen molar-refractivity contribution in [2.45, 2.75) is 19.4 Å². The van der Waals surface area contributed by atoms with Crippen LogP contribution in [0.4, 0.5) is 28.4 Å². The van der Waals surface area contributed by atoms with E-state index in [1.807, 2.05) is 72.8 Å². The minimum Gasteiger partial charge on any atom is -0.474 e. The number of rotatable bonds is 7. The van der Waals surface area contributed by atoms with Gasteiger partial charge in [-0.3, -0.25) is 9.59 Å². The molecule has 3 aromatic heterocycles. The van der Waals surface area contributed by atoms with Crippen LogP contribution in [0.5, 0.6) is 28.9 Å². The van der Waals surface area contributed by atoms with Crippen LogP contribution in [-0.4, -0.2) is 80.7 Å². The van der Waals surface area contributed by atoms with Crippen LogP contribution in [0.3, 0.4) is 0 Å². The lowest BCUT2D eigenvalue weighted by atomic mass is 9.96. The highest BCUT2D eigenvalue weighted by Gasteiger charge is 2.25. The second-order valence-corrected chi connectivity index (χ2v) is 17.0. The fourth-order valence-electron chi connectivity index (χ4n) is 9.31. The molecular formula is C52H50N8O7. The van der Waals surface area contributed by atoms with Gasteiger partial charge in [0.05, 0.1) is 37.8 Å². The molecule has 0 amide bonds. The first kappa shape index (κ1) is 41.9. The first-order chi connectivity index (χ1) is 32.9. The molecule has 0 saturated carbocycles. The van der Waals surface area contributed by atoms with E-state index in [-0.39, 0.29) is 11.1 Å². The van der Waals surface area contributed by atoms with Gasteiger partial charge in [0.2, 0.25) is 17.0 Å². The third-order valence-corrected chi connectivity index (χ3v) is 12.6. The zero-order valence-electron chi connectivity index (χ0n) is 36.9. The predicted molar refractivity (Wildman–Crippen MR) is 260 cm³/mol. The number of nitrogens with two attached hydrogens (primary N) is 1. The van der Waals surface area contributed by atoms with Gasteiger partial charge in [0.15, 0.2) is 0 Å². The van der Waals surface area contributed by atoms with Crippen LogP contribution >= 0.6 is 0 Å². The van der Waals surface area contributed by atoms with Gasteiger partial charge in [-0.1, -0.05) is 24.3 Å². The van der Waals surface area contributed by atoms with Crippen molar-refractivity contribution in [1.82, 2.24) is 15.0 Å². The largest absolute Gasteiger partial charge is 0.474 e. The lowest BCUT2D eigenvalue weighted by Crippen LogP contribution is -2.36. The molecule has 0 spiro atoms. The number of nitrogens with zero attached hydrogens (tertiary/aromatic N) is 3. The summed E-state index contributed by atoms with van der Waals surface area (Å²) < 4.78 is 29.3. The summed E-state index contributed by atoms with van der Waals surface area (Å²) in [6.45, 7) is 7.81. The molecule has 6 N–H and O–H groups in total. The van der Waals surface area contributed by atoms with E-state index >= 15 is 0 Å². The average Bonchev–Trinajstić information content (AvgIpc) is 3.36. The zero-order chi connectivity index (χ0) is 45.3. The molecule has 0 unspecified atom stereocenters. The number of morpholine rings is 2. The summed E-state index contributed by atoms with van der Waals surface area (Å²) in [7, 11) is 0. The second kappa shape index (κ2) is 18.3. The monoisotopic (exact) mass is 898 g/mol. The number of nitrogens with one attached hydrogen (secondary N) is 4. The van der Waals surface area contributed by atoms with Crippen LogP contribution in [0, 0.1) is 0 Å². The maximum Gasteiger partial charge on any atom is 0.250 e. The van der Waals surface area contributed by atoms with E-state index in [1.165, 1.54) is 0 Å². The third kappa shape index (κ3) is 8.86. The molecule has 0 radical (unpaired) electrons. The highest BCUT2D eigenvalue weighted by molar-refractivity contribution is 5.76. The highest BCUT2D eigenvalue weighted by atomic mass is 16.5. The number of hydrogen-bond acceptors (Lipinski definition) is 13. The smallest absolute Gasteiger partial charge is 0.250 e. The molecule has 4 aromatic carbocycles. The van der Waals surface area contributed by atoms with Crippen molar-refractivity contribution >= 4 is 28.4 Å². The molecule has 15 heteroatoms. The number of hydrogen-bond donors (Lipinski definition) is 5. The van der Waals surface area contributed by atoms with Crippen molar-refractivity contribution in [2.24, 2.45) is 0 Å². The number of anilines is 5. The number of para-hydroxylation sites is 2. The minimum absolute atomic E-state index is 0.124. The van der Waals surface area contributed by atoms with Gasteiger partial charge in [-0.15, -0.1) is 0 Å². The van der Waals surface area contributed by atoms with Gasteiger partial charge < -0.3 is 59.8 Å². The molecule has 2 saturated heterocycles. The van der Waals surface area contributed by atoms with Crippen molar-refractivity contribution in [3.8, 4) is 51.4 Å². The molecule has 0 bridgehead atoms. The summed E-state index contributed by atoms with van der Waals surface area (Å²) in [5.41, 5.74) is 18.9. The van der Waals surface area contributed by atoms with Crippen molar-refractivity contribution in [2.75, 3.05) is 91.9 Å². The lowest BCUT2D eigenvalue weighted by molar-refractivity contribution is 0.122. The number of fused-ring (bicyclic) bond motifs is 5. The Labute approximate surface area is 386 Å². The van der Waals surface area contributed by atoms with Crippen LogP contribution in [0.25, 0.3) is 22.5 Å². The van der Waals surface area contributed by atoms with Gasteiger partial charge in [0.25, 0.3) is 0 Å². The number of aromatic amines is 2. The summed E-state index contributed by atoms with van der Waals surface area (Å²) in [6, 6.07) is 33.4. The number of nitrogen functional groups attached to an aromatic ring is 1. The maximum absolute atomic E-state index is 12.6. The van der Waals surface area contributed by atoms with Gasteiger partial charge in [-0.05, 0) is 77.9 Å². The Morgan fingerprint density at radius 1 is 0.627 bits per heavy atom. The molecule has 15 nitrogen and oxygen atoms in total. The zero-order valence-corrected chi connectivity index (χ0v) is 36.9. The number of ether oxygens (including phenoxy) is 5. The Balaban J connectivity index is 0.000000156. The molecule has 5 aliphatic heterocycles. The number of benzene rings is 4. The quantitative estimate of drug-likeness (QED) is 0.0991. The predicted octanol–water partition coefficient (Wildman–Crippen LogP) is 7.54. The van der Waals surface area contributed by atoms with E-state index in [0.717, 1.165) is 147 Å². The van der Waals surface area contributed by atoms with E-state index in [4.69, 9.17) is 29.4 Å². The maximum atomic E-state index is 12.6. The first-order valence-corrected chi connectivity index (χ1v) is 22.7. The van der Waals surface area contributed by atoms with Gasteiger partial charge in [-0.2, -0.15) is 0 Å². The van der Waals surface area contributed by atoms with Gasteiger partial charge in [0.1, 0.15) is 35.3 Å². The molecule has 12 rings (SSSR count). The molecule has 5 aliphatic rings. The topological polar surface area (TPSA) is 181 Å². The molecule has 0 aliphatic carbocycles. The SMILES string of the molecule is Nc1ccc2c(c1)Cc1cccc(-c3cc(N4CCOCC4)cc(=O)[nH]3)c1O2.O=c1cc(N2CCOCC2)cc(-c2cccc3c2Oc2ccc(NCc4ccnc5c4NCCO5)cc2C3)[nH]1. The average molecular weight is 899 g/mol. The standard InChI is InChI=1S/C30H29N5O4.C22H21N3O3/c36-27-17-23(35-9-12-37-13-10-35)16-25(34-27)24-3-1-2-19-14-21-15-22(4-5-26(21)39-29(19)24)33-18-20-6-7-32-30-28(20)31-8-11-38-30;23-16-4-5-20-15(11-16)10-14-2-1-3-18(22(14)28-20)19-12-17(13-21(26)24-19)25-6-8-27-9-7-25/h1-7,15-17,31,33H,8-14,18H2,(H,34,36);1-5,11-13H,6-10,23H2,(H,24,26). The lowest BCUT2D eigenvalue weighted by Gasteiger charge is -2.29. The highest BCUT2D eigenvalue weighted by Crippen LogP contribution is 2.45. The van der Waals surface area contributed by atoms with Crippen LogP contribution in [0.15, 0.2) is 119 Å². The Morgan fingerprint density at radius 2 is 1.21 bits per heavy atom. The van der Waals surface area contributed by atoms with Crippen molar-refractivity contribution < 1.29 is 23.7 Å². The second-order valence-electron chi connectivity index (χ2n) is 17.0. The van der Waals surface area contributed by atoms with Gasteiger partial charge >= 0.3 is 0 Å². The Kier molecular flexibility index (Phi) is 11.4. The number of pyridine rings is 3. The van der Waals surface area contributed by atoms with Crippen LogP contribution in [0.2, 0.25) is 0 Å².